The largest absolute Gasteiger partial charge is 0.339 e. The van der Waals surface area contributed by atoms with Gasteiger partial charge in [0.2, 0.25) is 0 Å². The van der Waals surface area contributed by atoms with E-state index in [0.29, 0.717) is 28.4 Å². The standard InChI is InChI=1S/C11H11Cl2N3O2S/c12-6-5-7-10(15-9(6)13)16-11(14-7)8-3-1-2-4-19(8,17)18/h5,8H,1-4H2,(H,14,15,16). The molecule has 19 heavy (non-hydrogen) atoms. The summed E-state index contributed by atoms with van der Waals surface area (Å²) >= 11 is 11.7. The summed E-state index contributed by atoms with van der Waals surface area (Å²) < 4.78 is 24.1. The fraction of sp³-hybridized carbons (Fsp3) is 0.455. The Bertz CT molecular complexity index is 703. The van der Waals surface area contributed by atoms with Crippen LogP contribution in [0.15, 0.2) is 6.07 Å². The second-order valence-electron chi connectivity index (χ2n) is 4.61. The van der Waals surface area contributed by atoms with Crippen LogP contribution in [0.2, 0.25) is 10.2 Å². The molecule has 8 heteroatoms. The van der Waals surface area contributed by atoms with E-state index in [9.17, 15) is 8.42 Å². The molecule has 0 amide bonds. The molecule has 2 aromatic rings. The highest BCUT2D eigenvalue weighted by atomic mass is 35.5. The van der Waals surface area contributed by atoms with Crippen LogP contribution < -0.4 is 0 Å². The lowest BCUT2D eigenvalue weighted by Crippen LogP contribution is -2.22. The van der Waals surface area contributed by atoms with Crippen molar-refractivity contribution in [3.8, 4) is 0 Å². The number of aromatic nitrogens is 3. The number of halogens is 2. The number of H-pyrrole nitrogens is 1. The summed E-state index contributed by atoms with van der Waals surface area (Å²) in [5.74, 6) is 0.643. The summed E-state index contributed by atoms with van der Waals surface area (Å²) in [5, 5.41) is -0.0948. The number of sulfone groups is 1. The van der Waals surface area contributed by atoms with Gasteiger partial charge in [0, 0.05) is 0 Å². The minimum atomic E-state index is -3.13. The van der Waals surface area contributed by atoms with Gasteiger partial charge in [-0.05, 0) is 18.9 Å². The van der Waals surface area contributed by atoms with Gasteiger partial charge >= 0.3 is 0 Å². The number of fused-ring (bicyclic) bond motifs is 1. The molecule has 1 unspecified atom stereocenters. The van der Waals surface area contributed by atoms with Gasteiger partial charge in [-0.1, -0.05) is 29.6 Å². The molecule has 1 fully saturated rings. The van der Waals surface area contributed by atoms with E-state index in [1.54, 1.807) is 6.07 Å². The third-order valence-electron chi connectivity index (χ3n) is 3.29. The van der Waals surface area contributed by atoms with E-state index in [2.05, 4.69) is 15.0 Å². The Morgan fingerprint density at radius 1 is 1.26 bits per heavy atom. The maximum Gasteiger partial charge on any atom is 0.179 e. The van der Waals surface area contributed by atoms with Crippen molar-refractivity contribution >= 4 is 44.2 Å². The van der Waals surface area contributed by atoms with Gasteiger partial charge in [-0.15, -0.1) is 0 Å². The minimum Gasteiger partial charge on any atom is -0.339 e. The summed E-state index contributed by atoms with van der Waals surface area (Å²) in [4.78, 5) is 11.3. The van der Waals surface area contributed by atoms with Crippen molar-refractivity contribution in [1.29, 1.82) is 0 Å². The maximum absolute atomic E-state index is 12.1. The molecule has 0 saturated carbocycles. The zero-order valence-electron chi connectivity index (χ0n) is 9.86. The fourth-order valence-electron chi connectivity index (χ4n) is 2.33. The average Bonchev–Trinajstić information content (AvgIpc) is 2.71. The van der Waals surface area contributed by atoms with E-state index >= 15 is 0 Å². The molecular formula is C11H11Cl2N3O2S. The van der Waals surface area contributed by atoms with E-state index in [0.717, 1.165) is 12.8 Å². The predicted octanol–water partition coefficient (Wildman–Crippen LogP) is 2.90. The molecule has 0 aromatic carbocycles. The van der Waals surface area contributed by atoms with Crippen LogP contribution in [0.1, 0.15) is 30.3 Å². The molecule has 0 bridgehead atoms. The molecule has 1 aliphatic rings. The zero-order valence-corrected chi connectivity index (χ0v) is 12.2. The number of pyridine rings is 1. The van der Waals surface area contributed by atoms with E-state index in [1.165, 1.54) is 0 Å². The first-order chi connectivity index (χ1) is 8.97. The third-order valence-corrected chi connectivity index (χ3v) is 6.14. The molecule has 5 nitrogen and oxygen atoms in total. The second kappa shape index (κ2) is 4.61. The van der Waals surface area contributed by atoms with E-state index in [-0.39, 0.29) is 10.9 Å². The SMILES string of the molecule is O=S1(=O)CCCCC1c1nc2nc(Cl)c(Cl)cc2[nH]1. The molecule has 2 aromatic heterocycles. The number of hydrogen-bond donors (Lipinski definition) is 1. The first kappa shape index (κ1) is 13.1. The molecule has 3 heterocycles. The maximum atomic E-state index is 12.1. The Balaban J connectivity index is 2.10. The van der Waals surface area contributed by atoms with Gasteiger partial charge in [0.1, 0.15) is 16.2 Å². The Hall–Kier alpha value is -0.850. The van der Waals surface area contributed by atoms with Crippen LogP contribution in [-0.4, -0.2) is 29.1 Å². The third kappa shape index (κ3) is 2.32. The van der Waals surface area contributed by atoms with Gasteiger partial charge in [-0.25, -0.2) is 18.4 Å². The monoisotopic (exact) mass is 319 g/mol. The highest BCUT2D eigenvalue weighted by molar-refractivity contribution is 7.91. The molecular weight excluding hydrogens is 309 g/mol. The Labute approximate surface area is 120 Å². The lowest BCUT2D eigenvalue weighted by molar-refractivity contribution is 0.540. The molecule has 0 spiro atoms. The first-order valence-corrected chi connectivity index (χ1v) is 8.38. The summed E-state index contributed by atoms with van der Waals surface area (Å²) in [6, 6.07) is 1.61. The minimum absolute atomic E-state index is 0.165. The average molecular weight is 320 g/mol. The van der Waals surface area contributed by atoms with Crippen molar-refractivity contribution < 1.29 is 8.42 Å². The van der Waals surface area contributed by atoms with Gasteiger partial charge < -0.3 is 4.98 Å². The molecule has 1 atom stereocenters. The fourth-order valence-corrected chi connectivity index (χ4v) is 4.48. The quantitative estimate of drug-likeness (QED) is 0.820. The lowest BCUT2D eigenvalue weighted by Gasteiger charge is -2.19. The van der Waals surface area contributed by atoms with Crippen molar-refractivity contribution in [1.82, 2.24) is 15.0 Å². The lowest BCUT2D eigenvalue weighted by atomic mass is 10.2. The van der Waals surface area contributed by atoms with Crippen molar-refractivity contribution in [2.24, 2.45) is 0 Å². The molecule has 0 radical (unpaired) electrons. The number of rotatable bonds is 1. The van der Waals surface area contributed by atoms with Crippen molar-refractivity contribution in [2.75, 3.05) is 5.75 Å². The second-order valence-corrected chi connectivity index (χ2v) is 7.67. The number of imidazole rings is 1. The molecule has 1 aliphatic heterocycles. The van der Waals surface area contributed by atoms with Crippen LogP contribution in [-0.2, 0) is 9.84 Å². The van der Waals surface area contributed by atoms with Gasteiger partial charge in [0.15, 0.2) is 15.5 Å². The summed E-state index contributed by atoms with van der Waals surface area (Å²) in [6.45, 7) is 0. The van der Waals surface area contributed by atoms with Crippen molar-refractivity contribution in [2.45, 2.75) is 24.5 Å². The molecule has 1 saturated heterocycles. The van der Waals surface area contributed by atoms with Crippen LogP contribution in [0.4, 0.5) is 0 Å². The summed E-state index contributed by atoms with van der Waals surface area (Å²) in [5.41, 5.74) is 0.996. The van der Waals surface area contributed by atoms with Crippen LogP contribution in [0.5, 0.6) is 0 Å². The summed E-state index contributed by atoms with van der Waals surface area (Å²) in [6.07, 6.45) is 2.19. The Morgan fingerprint density at radius 2 is 2.05 bits per heavy atom. The van der Waals surface area contributed by atoms with Crippen LogP contribution in [0.3, 0.4) is 0 Å². The Morgan fingerprint density at radius 3 is 2.79 bits per heavy atom. The van der Waals surface area contributed by atoms with Gasteiger partial charge in [-0.3, -0.25) is 0 Å². The number of hydrogen-bond acceptors (Lipinski definition) is 4. The smallest absolute Gasteiger partial charge is 0.179 e. The van der Waals surface area contributed by atoms with E-state index in [1.807, 2.05) is 0 Å². The normalized spacial score (nSPS) is 22.7. The molecule has 3 rings (SSSR count). The van der Waals surface area contributed by atoms with Crippen LogP contribution in [0.25, 0.3) is 11.2 Å². The van der Waals surface area contributed by atoms with E-state index < -0.39 is 15.1 Å². The van der Waals surface area contributed by atoms with Crippen LogP contribution >= 0.6 is 23.2 Å². The van der Waals surface area contributed by atoms with Gasteiger partial charge in [0.05, 0.1) is 16.3 Å². The van der Waals surface area contributed by atoms with Gasteiger partial charge in [-0.2, -0.15) is 0 Å². The number of nitrogens with one attached hydrogen (secondary N) is 1. The highest BCUT2D eigenvalue weighted by Crippen LogP contribution is 2.33. The highest BCUT2D eigenvalue weighted by Gasteiger charge is 2.32. The number of aromatic amines is 1. The molecule has 0 aliphatic carbocycles. The van der Waals surface area contributed by atoms with Crippen LogP contribution in [0, 0.1) is 0 Å². The zero-order chi connectivity index (χ0) is 13.6. The number of nitrogens with zero attached hydrogens (tertiary/aromatic N) is 2. The molecule has 102 valence electrons. The van der Waals surface area contributed by atoms with Crippen molar-refractivity contribution in [3.05, 3.63) is 22.1 Å². The molecule has 1 N–H and O–H groups in total. The Kier molecular flexibility index (Phi) is 3.19. The first-order valence-electron chi connectivity index (χ1n) is 5.90. The van der Waals surface area contributed by atoms with Gasteiger partial charge in [0.25, 0.3) is 0 Å². The van der Waals surface area contributed by atoms with E-state index in [4.69, 9.17) is 23.2 Å². The predicted molar refractivity (Wildman–Crippen MR) is 74.3 cm³/mol. The topological polar surface area (TPSA) is 75.7 Å². The van der Waals surface area contributed by atoms with Crippen molar-refractivity contribution in [3.63, 3.8) is 0 Å². The summed E-state index contributed by atoms with van der Waals surface area (Å²) in [7, 11) is -3.13.